The van der Waals surface area contributed by atoms with Crippen LogP contribution in [-0.2, 0) is 16.0 Å². The fourth-order valence-electron chi connectivity index (χ4n) is 0.742. The summed E-state index contributed by atoms with van der Waals surface area (Å²) in [5.41, 5.74) is 1.03. The number of ether oxygens (including phenoxy) is 1. The average Bonchev–Trinajstić information content (AvgIpc) is 2.06. The van der Waals surface area contributed by atoms with Gasteiger partial charge in [-0.2, -0.15) is 0 Å². The first-order valence-corrected chi connectivity index (χ1v) is 4.32. The Balaban J connectivity index is 2.58. The van der Waals surface area contributed by atoms with Crippen molar-refractivity contribution >= 4 is 14.2 Å². The van der Waals surface area contributed by atoms with E-state index in [4.69, 9.17) is 0 Å². The second kappa shape index (κ2) is 4.09. The van der Waals surface area contributed by atoms with Gasteiger partial charge in [-0.3, -0.25) is 4.79 Å². The summed E-state index contributed by atoms with van der Waals surface area (Å²) in [5, 5.41) is 0. The molecule has 0 unspecified atom stereocenters. The average molecular weight is 168 g/mol. The first-order valence-electron chi connectivity index (χ1n) is 3.28. The summed E-state index contributed by atoms with van der Waals surface area (Å²) in [6.07, 6.45) is 0.383. The maximum Gasteiger partial charge on any atom is 0.309 e. The normalized spacial score (nSPS) is 9.91. The highest BCUT2D eigenvalue weighted by atomic mass is 31.0. The molecule has 0 spiro atoms. The van der Waals surface area contributed by atoms with E-state index in [9.17, 15) is 4.79 Å². The minimum Gasteiger partial charge on any atom is -0.469 e. The molecule has 0 saturated carbocycles. The molecule has 0 N–H and O–H groups in total. The van der Waals surface area contributed by atoms with E-state index in [1.165, 1.54) is 7.11 Å². The highest BCUT2D eigenvalue weighted by Crippen LogP contribution is 2.08. The summed E-state index contributed by atoms with van der Waals surface area (Å²) >= 11 is 0. The van der Waals surface area contributed by atoms with Crippen LogP contribution in [0.3, 0.4) is 0 Å². The molecule has 1 aromatic heterocycles. The van der Waals surface area contributed by atoms with Crippen molar-refractivity contribution in [3.8, 4) is 0 Å². The molecule has 0 saturated heterocycles. The third-order valence-corrected chi connectivity index (χ3v) is 2.12. The Labute approximate surface area is 67.3 Å². The van der Waals surface area contributed by atoms with Crippen LogP contribution in [0.4, 0.5) is 0 Å². The summed E-state index contributed by atoms with van der Waals surface area (Å²) < 4.78 is 4.53. The minimum atomic E-state index is -0.182. The smallest absolute Gasteiger partial charge is 0.309 e. The second-order valence-corrected chi connectivity index (χ2v) is 2.97. The van der Waals surface area contributed by atoms with Crippen molar-refractivity contribution in [1.29, 1.82) is 0 Å². The standard InChI is InChI=1S/C8H9O2P/c1-10-8(9)5-7-3-2-4-11-6-7/h2-4,6H,5H2,1H3. The van der Waals surface area contributed by atoms with Crippen molar-refractivity contribution in [3.05, 3.63) is 29.3 Å². The Hall–Kier alpha value is -0.880. The van der Waals surface area contributed by atoms with Crippen molar-refractivity contribution in [2.75, 3.05) is 7.11 Å². The summed E-state index contributed by atoms with van der Waals surface area (Å²) in [6.45, 7) is 0. The van der Waals surface area contributed by atoms with Gasteiger partial charge in [0.1, 0.15) is 0 Å². The fraction of sp³-hybridized carbons (Fsp3) is 0.250. The van der Waals surface area contributed by atoms with E-state index in [0.29, 0.717) is 6.42 Å². The zero-order valence-corrected chi connectivity index (χ0v) is 7.17. The molecular formula is C8H9O2P. The lowest BCUT2D eigenvalue weighted by Crippen LogP contribution is -2.03. The van der Waals surface area contributed by atoms with Crippen LogP contribution < -0.4 is 0 Å². The lowest BCUT2D eigenvalue weighted by Gasteiger charge is -1.97. The molecule has 1 aromatic rings. The van der Waals surface area contributed by atoms with Crippen LogP contribution in [-0.4, -0.2) is 13.1 Å². The van der Waals surface area contributed by atoms with Crippen molar-refractivity contribution in [1.82, 2.24) is 0 Å². The van der Waals surface area contributed by atoms with Crippen LogP contribution in [0.5, 0.6) is 0 Å². The van der Waals surface area contributed by atoms with Gasteiger partial charge >= 0.3 is 5.97 Å². The van der Waals surface area contributed by atoms with E-state index in [-0.39, 0.29) is 5.97 Å². The number of carbonyl (C=O) groups is 1. The molecule has 0 aliphatic carbocycles. The first-order chi connectivity index (χ1) is 5.33. The summed E-state index contributed by atoms with van der Waals surface area (Å²) in [6, 6.07) is 3.87. The fourth-order valence-corrected chi connectivity index (χ4v) is 1.38. The Morgan fingerprint density at radius 3 is 3.09 bits per heavy atom. The van der Waals surface area contributed by atoms with E-state index in [1.54, 1.807) is 0 Å². The number of hydrogen-bond acceptors (Lipinski definition) is 2. The summed E-state index contributed by atoms with van der Waals surface area (Å²) in [7, 11) is 2.54. The maximum absolute atomic E-state index is 10.8. The van der Waals surface area contributed by atoms with Gasteiger partial charge < -0.3 is 4.74 Å². The Kier molecular flexibility index (Phi) is 3.06. The molecule has 0 aliphatic rings. The molecule has 11 heavy (non-hydrogen) atoms. The van der Waals surface area contributed by atoms with Crippen LogP contribution in [0.25, 0.3) is 0 Å². The van der Waals surface area contributed by atoms with Gasteiger partial charge in [0.2, 0.25) is 0 Å². The first kappa shape index (κ1) is 8.22. The van der Waals surface area contributed by atoms with E-state index in [2.05, 4.69) is 4.74 Å². The lowest BCUT2D eigenvalue weighted by molar-refractivity contribution is -0.139. The molecule has 0 atom stereocenters. The van der Waals surface area contributed by atoms with Gasteiger partial charge in [0.25, 0.3) is 0 Å². The molecule has 1 rings (SSSR count). The Morgan fingerprint density at radius 2 is 2.55 bits per heavy atom. The van der Waals surface area contributed by atoms with Crippen LogP contribution in [0.15, 0.2) is 23.7 Å². The molecule has 0 amide bonds. The van der Waals surface area contributed by atoms with E-state index in [0.717, 1.165) is 13.8 Å². The largest absolute Gasteiger partial charge is 0.469 e. The molecule has 1 heterocycles. The minimum absolute atomic E-state index is 0.182. The van der Waals surface area contributed by atoms with Crippen LogP contribution in [0.1, 0.15) is 5.56 Å². The Morgan fingerprint density at radius 1 is 1.73 bits per heavy atom. The van der Waals surface area contributed by atoms with Crippen molar-refractivity contribution < 1.29 is 9.53 Å². The van der Waals surface area contributed by atoms with E-state index in [1.807, 2.05) is 23.7 Å². The lowest BCUT2D eigenvalue weighted by atomic mass is 10.2. The molecule has 2 nitrogen and oxygen atoms in total. The van der Waals surface area contributed by atoms with Crippen LogP contribution in [0, 0.1) is 0 Å². The summed E-state index contributed by atoms with van der Waals surface area (Å²) in [5.74, 6) is 3.83. The van der Waals surface area contributed by atoms with E-state index >= 15 is 0 Å². The van der Waals surface area contributed by atoms with Crippen LogP contribution in [0.2, 0.25) is 0 Å². The number of carbonyl (C=O) groups excluding carboxylic acids is 1. The topological polar surface area (TPSA) is 26.3 Å². The van der Waals surface area contributed by atoms with Gasteiger partial charge in [0.15, 0.2) is 0 Å². The van der Waals surface area contributed by atoms with Gasteiger partial charge in [-0.15, -0.1) is 0 Å². The molecule has 3 heteroatoms. The molecule has 0 fully saturated rings. The number of methoxy groups -OCH3 is 1. The van der Waals surface area contributed by atoms with Crippen molar-refractivity contribution in [3.63, 3.8) is 0 Å². The molecule has 0 aliphatic heterocycles. The predicted octanol–water partition coefficient (Wildman–Crippen LogP) is 1.98. The molecule has 0 bridgehead atoms. The zero-order chi connectivity index (χ0) is 8.10. The van der Waals surface area contributed by atoms with E-state index < -0.39 is 0 Å². The number of hydrogen-bond donors (Lipinski definition) is 0. The number of rotatable bonds is 2. The third-order valence-electron chi connectivity index (χ3n) is 1.30. The second-order valence-electron chi connectivity index (χ2n) is 2.11. The van der Waals surface area contributed by atoms with Gasteiger partial charge in [-0.25, -0.2) is 0 Å². The highest BCUT2D eigenvalue weighted by Gasteiger charge is 2.00. The van der Waals surface area contributed by atoms with Crippen molar-refractivity contribution in [2.45, 2.75) is 6.42 Å². The summed E-state index contributed by atoms with van der Waals surface area (Å²) in [4.78, 5) is 10.8. The van der Waals surface area contributed by atoms with Crippen LogP contribution >= 0.6 is 8.19 Å². The molecule has 0 aromatic carbocycles. The predicted molar refractivity (Wildman–Crippen MR) is 44.7 cm³/mol. The quantitative estimate of drug-likeness (QED) is 0.631. The van der Waals surface area contributed by atoms with Gasteiger partial charge in [-0.05, 0) is 17.2 Å². The van der Waals surface area contributed by atoms with Gasteiger partial charge in [0.05, 0.1) is 13.5 Å². The zero-order valence-electron chi connectivity index (χ0n) is 6.28. The van der Waals surface area contributed by atoms with Crippen molar-refractivity contribution in [2.24, 2.45) is 0 Å². The Bertz CT molecular complexity index is 233. The maximum atomic E-state index is 10.8. The SMILES string of the molecule is COC(=O)Cc1cccpc1. The molecule has 0 radical (unpaired) electrons. The molecular weight excluding hydrogens is 159 g/mol. The number of esters is 1. The van der Waals surface area contributed by atoms with Gasteiger partial charge in [-0.1, -0.05) is 20.3 Å². The highest BCUT2D eigenvalue weighted by molar-refractivity contribution is 7.28. The van der Waals surface area contributed by atoms with Gasteiger partial charge in [0, 0.05) is 0 Å². The molecule has 58 valence electrons. The third kappa shape index (κ3) is 2.69. The monoisotopic (exact) mass is 168 g/mol.